The van der Waals surface area contributed by atoms with Crippen LogP contribution in [0.4, 0.5) is 5.82 Å². The van der Waals surface area contributed by atoms with Gasteiger partial charge in [-0.05, 0) is 13.0 Å². The predicted octanol–water partition coefficient (Wildman–Crippen LogP) is -0.638. The molecule has 108 valence electrons. The van der Waals surface area contributed by atoms with Gasteiger partial charge in [0.15, 0.2) is 5.82 Å². The number of hydrogen-bond donors (Lipinski definition) is 2. The van der Waals surface area contributed by atoms with Crippen LogP contribution in [-0.4, -0.2) is 33.9 Å². The second-order valence-corrected chi connectivity index (χ2v) is 5.84. The number of nitrogens with one attached hydrogen (secondary N) is 1. The number of anilines is 1. The zero-order valence-corrected chi connectivity index (χ0v) is 12.0. The number of carbonyl (C=O) groups is 1. The van der Waals surface area contributed by atoms with Crippen molar-refractivity contribution in [1.82, 2.24) is 19.6 Å². The van der Waals surface area contributed by atoms with Gasteiger partial charge in [0.2, 0.25) is 10.0 Å². The van der Waals surface area contributed by atoms with E-state index < -0.39 is 15.9 Å². The smallest absolute Gasteiger partial charge is 0.275 e. The number of carbonyl (C=O) groups excluding carboxylic acids is 1. The fourth-order valence-electron chi connectivity index (χ4n) is 1.76. The average Bonchev–Trinajstić information content (AvgIpc) is 2.81. The van der Waals surface area contributed by atoms with Crippen molar-refractivity contribution in [3.05, 3.63) is 23.7 Å². The molecule has 0 atom stereocenters. The summed E-state index contributed by atoms with van der Waals surface area (Å²) in [5.74, 6) is -0.629. The second-order valence-electron chi connectivity index (χ2n) is 4.31. The molecule has 3 N–H and O–H groups in total. The minimum absolute atomic E-state index is 0.112. The van der Waals surface area contributed by atoms with Crippen molar-refractivity contribution in [3.63, 3.8) is 0 Å². The third-order valence-electron chi connectivity index (χ3n) is 2.57. The molecule has 0 fully saturated rings. The van der Waals surface area contributed by atoms with Crippen LogP contribution in [0, 0.1) is 6.92 Å². The van der Waals surface area contributed by atoms with Gasteiger partial charge >= 0.3 is 0 Å². The molecule has 2 heterocycles. The van der Waals surface area contributed by atoms with Crippen LogP contribution in [0.1, 0.15) is 16.2 Å². The third kappa shape index (κ3) is 2.70. The van der Waals surface area contributed by atoms with Gasteiger partial charge in [0.05, 0.1) is 5.69 Å². The SMILES string of the molecule is Cc1cc(C(=O)Nc2nn(C)cc2S(N)(=O)=O)n(C)n1. The van der Waals surface area contributed by atoms with Crippen LogP contribution in [0.25, 0.3) is 0 Å². The van der Waals surface area contributed by atoms with Gasteiger partial charge in [-0.2, -0.15) is 10.2 Å². The Balaban J connectivity index is 2.36. The van der Waals surface area contributed by atoms with Crippen LogP contribution in [-0.2, 0) is 24.1 Å². The zero-order chi connectivity index (χ0) is 15.1. The van der Waals surface area contributed by atoms with E-state index in [1.54, 1.807) is 20.0 Å². The molecular weight excluding hydrogens is 284 g/mol. The van der Waals surface area contributed by atoms with E-state index in [0.717, 1.165) is 0 Å². The van der Waals surface area contributed by atoms with Gasteiger partial charge in [0.25, 0.3) is 5.91 Å². The minimum Gasteiger partial charge on any atom is -0.303 e. The number of nitrogens with two attached hydrogens (primary N) is 1. The Morgan fingerprint density at radius 1 is 1.35 bits per heavy atom. The Kier molecular flexibility index (Phi) is 3.36. The number of rotatable bonds is 3. The molecule has 0 aliphatic rings. The monoisotopic (exact) mass is 298 g/mol. The Hall–Kier alpha value is -2.20. The van der Waals surface area contributed by atoms with Crippen molar-refractivity contribution in [1.29, 1.82) is 0 Å². The average molecular weight is 298 g/mol. The summed E-state index contributed by atoms with van der Waals surface area (Å²) in [6.07, 6.45) is 1.22. The van der Waals surface area contributed by atoms with Gasteiger partial charge < -0.3 is 5.32 Å². The lowest BCUT2D eigenvalue weighted by atomic mass is 10.3. The maximum atomic E-state index is 12.1. The molecule has 0 saturated heterocycles. The lowest BCUT2D eigenvalue weighted by Crippen LogP contribution is -2.19. The number of amides is 1. The fourth-order valence-corrected chi connectivity index (χ4v) is 2.42. The first-order chi connectivity index (χ1) is 9.18. The normalized spacial score (nSPS) is 11.6. The summed E-state index contributed by atoms with van der Waals surface area (Å²) in [5, 5.41) is 15.4. The summed E-state index contributed by atoms with van der Waals surface area (Å²) < 4.78 is 25.5. The van der Waals surface area contributed by atoms with Crippen molar-refractivity contribution in [2.45, 2.75) is 11.8 Å². The van der Waals surface area contributed by atoms with E-state index in [4.69, 9.17) is 5.14 Å². The molecule has 0 bridgehead atoms. The number of aryl methyl sites for hydroxylation is 3. The number of nitrogens with zero attached hydrogens (tertiary/aromatic N) is 4. The van der Waals surface area contributed by atoms with E-state index in [1.165, 1.54) is 22.6 Å². The molecule has 0 aliphatic carbocycles. The van der Waals surface area contributed by atoms with Crippen molar-refractivity contribution in [2.24, 2.45) is 19.2 Å². The van der Waals surface area contributed by atoms with Crippen LogP contribution in [0.15, 0.2) is 17.2 Å². The van der Waals surface area contributed by atoms with Gasteiger partial charge in [-0.3, -0.25) is 14.2 Å². The highest BCUT2D eigenvalue weighted by Gasteiger charge is 2.21. The first kappa shape index (κ1) is 14.2. The molecular formula is C10H14N6O3S. The number of sulfonamides is 1. The molecule has 0 aromatic carbocycles. The van der Waals surface area contributed by atoms with Gasteiger partial charge in [0, 0.05) is 20.3 Å². The number of aromatic nitrogens is 4. The summed E-state index contributed by atoms with van der Waals surface area (Å²) in [5.41, 5.74) is 0.957. The second kappa shape index (κ2) is 4.72. The van der Waals surface area contributed by atoms with E-state index in [-0.39, 0.29) is 16.4 Å². The van der Waals surface area contributed by atoms with Gasteiger partial charge in [-0.25, -0.2) is 13.6 Å². The molecule has 20 heavy (non-hydrogen) atoms. The quantitative estimate of drug-likeness (QED) is 0.780. The van der Waals surface area contributed by atoms with E-state index in [2.05, 4.69) is 15.5 Å². The summed E-state index contributed by atoms with van der Waals surface area (Å²) in [6, 6.07) is 1.58. The summed E-state index contributed by atoms with van der Waals surface area (Å²) >= 11 is 0. The first-order valence-electron chi connectivity index (χ1n) is 5.57. The lowest BCUT2D eigenvalue weighted by Gasteiger charge is -2.03. The van der Waals surface area contributed by atoms with E-state index in [0.29, 0.717) is 5.69 Å². The van der Waals surface area contributed by atoms with Crippen molar-refractivity contribution in [2.75, 3.05) is 5.32 Å². The molecule has 0 saturated carbocycles. The highest BCUT2D eigenvalue weighted by atomic mass is 32.2. The minimum atomic E-state index is -3.97. The first-order valence-corrected chi connectivity index (χ1v) is 7.11. The molecule has 9 nitrogen and oxygen atoms in total. The molecule has 0 spiro atoms. The lowest BCUT2D eigenvalue weighted by molar-refractivity contribution is 0.101. The molecule has 1 amide bonds. The summed E-state index contributed by atoms with van der Waals surface area (Å²) in [4.78, 5) is 11.8. The fraction of sp³-hybridized carbons (Fsp3) is 0.300. The predicted molar refractivity (Wildman–Crippen MR) is 70.5 cm³/mol. The molecule has 2 aromatic rings. The molecule has 0 radical (unpaired) electrons. The summed E-state index contributed by atoms with van der Waals surface area (Å²) in [6.45, 7) is 1.74. The highest BCUT2D eigenvalue weighted by molar-refractivity contribution is 7.89. The summed E-state index contributed by atoms with van der Waals surface area (Å²) in [7, 11) is -0.827. The molecule has 2 rings (SSSR count). The molecule has 0 unspecified atom stereocenters. The van der Waals surface area contributed by atoms with Gasteiger partial charge in [-0.15, -0.1) is 0 Å². The maximum absolute atomic E-state index is 12.1. The number of primary sulfonamides is 1. The van der Waals surface area contributed by atoms with E-state index in [9.17, 15) is 13.2 Å². The van der Waals surface area contributed by atoms with Crippen LogP contribution < -0.4 is 10.5 Å². The Morgan fingerprint density at radius 2 is 2.00 bits per heavy atom. The highest BCUT2D eigenvalue weighted by Crippen LogP contribution is 2.18. The Labute approximate surface area is 115 Å². The van der Waals surface area contributed by atoms with Gasteiger partial charge in [0.1, 0.15) is 10.6 Å². The Bertz CT molecular complexity index is 773. The maximum Gasteiger partial charge on any atom is 0.275 e. The van der Waals surface area contributed by atoms with Crippen molar-refractivity contribution >= 4 is 21.7 Å². The third-order valence-corrected chi connectivity index (χ3v) is 3.48. The topological polar surface area (TPSA) is 125 Å². The molecule has 0 aliphatic heterocycles. The molecule has 2 aromatic heterocycles. The standard InChI is InChI=1S/C10H14N6O3S/c1-6-4-7(16(3)13-6)10(17)12-9-8(20(11,18)19)5-15(2)14-9/h4-5H,1-3H3,(H2,11,18,19)(H,12,14,17). The van der Waals surface area contributed by atoms with Crippen LogP contribution in [0.3, 0.4) is 0 Å². The van der Waals surface area contributed by atoms with Crippen LogP contribution >= 0.6 is 0 Å². The number of hydrogen-bond acceptors (Lipinski definition) is 5. The van der Waals surface area contributed by atoms with Crippen molar-refractivity contribution in [3.8, 4) is 0 Å². The zero-order valence-electron chi connectivity index (χ0n) is 11.2. The van der Waals surface area contributed by atoms with E-state index >= 15 is 0 Å². The van der Waals surface area contributed by atoms with E-state index in [1.807, 2.05) is 0 Å². The van der Waals surface area contributed by atoms with Crippen molar-refractivity contribution < 1.29 is 13.2 Å². The Morgan fingerprint density at radius 3 is 2.50 bits per heavy atom. The van der Waals surface area contributed by atoms with Crippen LogP contribution in [0.5, 0.6) is 0 Å². The van der Waals surface area contributed by atoms with Gasteiger partial charge in [-0.1, -0.05) is 0 Å². The molecule has 10 heteroatoms. The van der Waals surface area contributed by atoms with Crippen LogP contribution in [0.2, 0.25) is 0 Å². The largest absolute Gasteiger partial charge is 0.303 e.